The number of hydrogen-bond donors (Lipinski definition) is 0. The monoisotopic (exact) mass is 574 g/mol. The molecule has 0 spiro atoms. The fraction of sp³-hybridized carbons (Fsp3) is 0.294. The molecule has 40 heavy (non-hydrogen) atoms. The SMILES string of the molecule is CCCCOc1cc(/C=C/c2ccc(SC(C)=O)cc2)c(OCCCC)cc1/C=C/c1ccc(SC(C)=O)cc1. The predicted octanol–water partition coefficient (Wildman–Crippen LogP) is 9.66. The Bertz CT molecular complexity index is 1210. The number of ether oxygens (including phenoxy) is 2. The third-order valence-corrected chi connectivity index (χ3v) is 7.44. The van der Waals surface area contributed by atoms with Crippen molar-refractivity contribution in [2.45, 2.75) is 63.2 Å². The van der Waals surface area contributed by atoms with Gasteiger partial charge in [-0.05, 0) is 60.4 Å². The van der Waals surface area contributed by atoms with Crippen LogP contribution in [0.4, 0.5) is 0 Å². The van der Waals surface area contributed by atoms with Crippen LogP contribution in [0.1, 0.15) is 75.6 Å². The maximum Gasteiger partial charge on any atom is 0.190 e. The van der Waals surface area contributed by atoms with Crippen molar-refractivity contribution in [3.05, 3.63) is 82.9 Å². The summed E-state index contributed by atoms with van der Waals surface area (Å²) in [7, 11) is 0. The molecule has 0 fully saturated rings. The molecule has 3 rings (SSSR count). The van der Waals surface area contributed by atoms with Crippen molar-refractivity contribution in [2.24, 2.45) is 0 Å². The molecule has 3 aromatic rings. The average molecular weight is 575 g/mol. The molecule has 3 aromatic carbocycles. The zero-order valence-electron chi connectivity index (χ0n) is 23.8. The highest BCUT2D eigenvalue weighted by Gasteiger charge is 2.10. The van der Waals surface area contributed by atoms with E-state index < -0.39 is 0 Å². The van der Waals surface area contributed by atoms with Crippen LogP contribution in [0.25, 0.3) is 24.3 Å². The van der Waals surface area contributed by atoms with Gasteiger partial charge in [0.1, 0.15) is 11.5 Å². The minimum Gasteiger partial charge on any atom is -0.493 e. The molecule has 0 saturated heterocycles. The Hall–Kier alpha value is -3.22. The highest BCUT2D eigenvalue weighted by atomic mass is 32.2. The van der Waals surface area contributed by atoms with Crippen LogP contribution < -0.4 is 9.47 Å². The van der Waals surface area contributed by atoms with Crippen LogP contribution in [0, 0.1) is 0 Å². The summed E-state index contributed by atoms with van der Waals surface area (Å²) in [5.74, 6) is 1.62. The minimum atomic E-state index is 0.0749. The van der Waals surface area contributed by atoms with Crippen LogP contribution >= 0.6 is 23.5 Å². The highest BCUT2D eigenvalue weighted by Crippen LogP contribution is 2.33. The lowest BCUT2D eigenvalue weighted by Gasteiger charge is -2.15. The third-order valence-electron chi connectivity index (χ3n) is 5.85. The zero-order chi connectivity index (χ0) is 28.7. The van der Waals surface area contributed by atoms with Gasteiger partial charge in [0.15, 0.2) is 10.2 Å². The maximum atomic E-state index is 11.4. The first-order valence-electron chi connectivity index (χ1n) is 13.7. The molecule has 0 amide bonds. The van der Waals surface area contributed by atoms with Crippen molar-refractivity contribution in [3.63, 3.8) is 0 Å². The van der Waals surface area contributed by atoms with Gasteiger partial charge < -0.3 is 9.47 Å². The molecular weight excluding hydrogens is 537 g/mol. The molecule has 0 heterocycles. The molecular formula is C34H38O4S2. The molecule has 0 aliphatic carbocycles. The first kappa shape index (κ1) is 31.3. The average Bonchev–Trinajstić information content (AvgIpc) is 2.93. The van der Waals surface area contributed by atoms with E-state index in [2.05, 4.69) is 50.3 Å². The first-order chi connectivity index (χ1) is 19.4. The fourth-order valence-electron chi connectivity index (χ4n) is 3.75. The summed E-state index contributed by atoms with van der Waals surface area (Å²) in [6, 6.07) is 20.0. The van der Waals surface area contributed by atoms with Crippen LogP contribution in [0.3, 0.4) is 0 Å². The summed E-state index contributed by atoms with van der Waals surface area (Å²) in [5.41, 5.74) is 3.98. The van der Waals surface area contributed by atoms with E-state index in [0.29, 0.717) is 13.2 Å². The van der Waals surface area contributed by atoms with Gasteiger partial charge in [0, 0.05) is 34.8 Å². The smallest absolute Gasteiger partial charge is 0.190 e. The van der Waals surface area contributed by atoms with E-state index in [1.807, 2.05) is 48.5 Å². The lowest BCUT2D eigenvalue weighted by atomic mass is 10.1. The molecule has 0 aromatic heterocycles. The molecule has 0 unspecified atom stereocenters. The van der Waals surface area contributed by atoms with Gasteiger partial charge in [-0.1, -0.05) is 98.8 Å². The van der Waals surface area contributed by atoms with Crippen LogP contribution in [0.2, 0.25) is 0 Å². The number of carbonyl (C=O) groups is 2. The summed E-state index contributed by atoms with van der Waals surface area (Å²) in [6.45, 7) is 8.73. The second-order valence-corrected chi connectivity index (χ2v) is 11.8. The van der Waals surface area contributed by atoms with Gasteiger partial charge in [-0.2, -0.15) is 0 Å². The van der Waals surface area contributed by atoms with E-state index in [4.69, 9.17) is 9.47 Å². The number of rotatable bonds is 14. The molecule has 0 saturated carbocycles. The maximum absolute atomic E-state index is 11.4. The van der Waals surface area contributed by atoms with Crippen LogP contribution in [0.15, 0.2) is 70.5 Å². The molecule has 210 valence electrons. The Labute approximate surface area is 247 Å². The van der Waals surface area contributed by atoms with Gasteiger partial charge >= 0.3 is 0 Å². The lowest BCUT2D eigenvalue weighted by molar-refractivity contribution is -0.109. The summed E-state index contributed by atoms with van der Waals surface area (Å²) < 4.78 is 12.5. The Morgan fingerprint density at radius 3 is 1.32 bits per heavy atom. The Balaban J connectivity index is 1.92. The summed E-state index contributed by atoms with van der Waals surface area (Å²) in [4.78, 5) is 24.6. The molecule has 0 aliphatic rings. The summed E-state index contributed by atoms with van der Waals surface area (Å²) >= 11 is 2.47. The van der Waals surface area contributed by atoms with E-state index in [1.54, 1.807) is 13.8 Å². The zero-order valence-corrected chi connectivity index (χ0v) is 25.4. The molecule has 0 atom stereocenters. The molecule has 0 N–H and O–H groups in total. The predicted molar refractivity (Wildman–Crippen MR) is 171 cm³/mol. The van der Waals surface area contributed by atoms with E-state index in [-0.39, 0.29) is 10.2 Å². The van der Waals surface area contributed by atoms with Gasteiger partial charge in [-0.25, -0.2) is 0 Å². The van der Waals surface area contributed by atoms with E-state index in [1.165, 1.54) is 23.5 Å². The van der Waals surface area contributed by atoms with Crippen molar-refractivity contribution in [3.8, 4) is 11.5 Å². The quantitative estimate of drug-likeness (QED) is 0.109. The Morgan fingerprint density at radius 1 is 0.625 bits per heavy atom. The number of carbonyl (C=O) groups excluding carboxylic acids is 2. The van der Waals surface area contributed by atoms with E-state index in [0.717, 1.165) is 69.2 Å². The molecule has 0 aliphatic heterocycles. The second-order valence-electron chi connectivity index (χ2n) is 9.32. The highest BCUT2D eigenvalue weighted by molar-refractivity contribution is 8.13. The van der Waals surface area contributed by atoms with E-state index >= 15 is 0 Å². The largest absolute Gasteiger partial charge is 0.493 e. The summed E-state index contributed by atoms with van der Waals surface area (Å²) in [6.07, 6.45) is 12.3. The fourth-order valence-corrected chi connectivity index (χ4v) is 4.96. The van der Waals surface area contributed by atoms with Crippen LogP contribution in [-0.2, 0) is 9.59 Å². The lowest BCUT2D eigenvalue weighted by Crippen LogP contribution is -2.02. The molecule has 4 nitrogen and oxygen atoms in total. The second kappa shape index (κ2) is 16.8. The van der Waals surface area contributed by atoms with Gasteiger partial charge in [0.25, 0.3) is 0 Å². The van der Waals surface area contributed by atoms with Gasteiger partial charge in [0.2, 0.25) is 0 Å². The van der Waals surface area contributed by atoms with Crippen molar-refractivity contribution in [1.82, 2.24) is 0 Å². The molecule has 6 heteroatoms. The Kier molecular flexibility index (Phi) is 13.1. The van der Waals surface area contributed by atoms with Crippen molar-refractivity contribution in [2.75, 3.05) is 13.2 Å². The number of unbranched alkanes of at least 4 members (excludes halogenated alkanes) is 2. The van der Waals surface area contributed by atoms with Gasteiger partial charge in [-0.3, -0.25) is 9.59 Å². The van der Waals surface area contributed by atoms with Gasteiger partial charge in [0.05, 0.1) is 13.2 Å². The Morgan fingerprint density at radius 2 is 1.00 bits per heavy atom. The molecule has 0 bridgehead atoms. The first-order valence-corrected chi connectivity index (χ1v) is 15.4. The number of thioether (sulfide) groups is 2. The minimum absolute atomic E-state index is 0.0749. The van der Waals surface area contributed by atoms with Crippen LogP contribution in [0.5, 0.6) is 11.5 Å². The van der Waals surface area contributed by atoms with Crippen molar-refractivity contribution >= 4 is 58.1 Å². The number of hydrogen-bond acceptors (Lipinski definition) is 6. The van der Waals surface area contributed by atoms with Crippen molar-refractivity contribution < 1.29 is 19.1 Å². The summed E-state index contributed by atoms with van der Waals surface area (Å²) in [5, 5.41) is 0.150. The topological polar surface area (TPSA) is 52.6 Å². The standard InChI is InChI=1S/C34H38O4S2/c1-5-7-21-37-33-23-30(16-10-28-13-19-32(20-14-28)40-26(4)36)34(38-22-8-6-2)24-29(33)15-9-27-11-17-31(18-12-27)39-25(3)35/h9-20,23-24H,5-8,21-22H2,1-4H3/b15-9+,16-10+. The van der Waals surface area contributed by atoms with Crippen LogP contribution in [-0.4, -0.2) is 23.4 Å². The van der Waals surface area contributed by atoms with Gasteiger partial charge in [-0.15, -0.1) is 0 Å². The number of benzene rings is 3. The molecule has 0 radical (unpaired) electrons. The van der Waals surface area contributed by atoms with Crippen molar-refractivity contribution in [1.29, 1.82) is 0 Å². The third kappa shape index (κ3) is 10.7. The van der Waals surface area contributed by atoms with E-state index in [9.17, 15) is 9.59 Å². The normalized spacial score (nSPS) is 11.3.